The van der Waals surface area contributed by atoms with Crippen LogP contribution in [0.25, 0.3) is 0 Å². The number of anilines is 1. The summed E-state index contributed by atoms with van der Waals surface area (Å²) in [4.78, 5) is 14.4. The number of hydrogen-bond acceptors (Lipinski definition) is 2. The minimum absolute atomic E-state index is 0.0173. The van der Waals surface area contributed by atoms with Gasteiger partial charge in [0.15, 0.2) is 0 Å². The molecule has 0 unspecified atom stereocenters. The first-order chi connectivity index (χ1) is 9.26. The highest BCUT2D eigenvalue weighted by Crippen LogP contribution is 2.30. The number of thiophene rings is 1. The molecule has 1 aliphatic rings. The molecule has 0 aliphatic heterocycles. The lowest BCUT2D eigenvalue weighted by Crippen LogP contribution is -2.10. The van der Waals surface area contributed by atoms with E-state index in [0.717, 1.165) is 29.8 Å². The van der Waals surface area contributed by atoms with Crippen molar-refractivity contribution in [2.75, 3.05) is 5.32 Å². The van der Waals surface area contributed by atoms with E-state index < -0.39 is 0 Å². The third-order valence-electron chi connectivity index (χ3n) is 3.59. The van der Waals surface area contributed by atoms with Gasteiger partial charge in [0.25, 0.3) is 5.91 Å². The lowest BCUT2D eigenvalue weighted by molar-refractivity contribution is 0.103. The summed E-state index contributed by atoms with van der Waals surface area (Å²) in [6.07, 6.45) is 4.52. The maximum atomic E-state index is 12.2. The van der Waals surface area contributed by atoms with Crippen LogP contribution in [0.4, 0.5) is 5.69 Å². The number of rotatable bonds is 3. The summed E-state index contributed by atoms with van der Waals surface area (Å²) in [7, 11) is 0. The smallest absolute Gasteiger partial charge is 0.265 e. The zero-order valence-corrected chi connectivity index (χ0v) is 11.8. The summed E-state index contributed by atoms with van der Waals surface area (Å²) in [5, 5.41) is 2.97. The second kappa shape index (κ2) is 5.17. The van der Waals surface area contributed by atoms with Gasteiger partial charge < -0.3 is 5.32 Å². The second-order valence-electron chi connectivity index (χ2n) is 4.92. The molecule has 0 atom stereocenters. The first-order valence-electron chi connectivity index (χ1n) is 6.78. The fourth-order valence-corrected chi connectivity index (χ4v) is 3.61. The molecule has 3 heteroatoms. The maximum Gasteiger partial charge on any atom is 0.265 e. The quantitative estimate of drug-likeness (QED) is 0.896. The average Bonchev–Trinajstić information content (AvgIpc) is 3.00. The monoisotopic (exact) mass is 271 g/mol. The number of aryl methyl sites for hydroxylation is 3. The first-order valence-corrected chi connectivity index (χ1v) is 7.60. The van der Waals surface area contributed by atoms with Crippen molar-refractivity contribution in [2.45, 2.75) is 32.6 Å². The molecular formula is C16H17NOS. The van der Waals surface area contributed by atoms with Gasteiger partial charge in [-0.2, -0.15) is 0 Å². The number of amides is 1. The Bertz CT molecular complexity index is 576. The van der Waals surface area contributed by atoms with E-state index in [1.165, 1.54) is 22.4 Å². The Morgan fingerprint density at radius 3 is 2.74 bits per heavy atom. The molecule has 0 fully saturated rings. The number of carbonyl (C=O) groups excluding carboxylic acids is 1. The van der Waals surface area contributed by atoms with Gasteiger partial charge in [-0.25, -0.2) is 0 Å². The Labute approximate surface area is 117 Å². The van der Waals surface area contributed by atoms with E-state index in [0.29, 0.717) is 0 Å². The van der Waals surface area contributed by atoms with E-state index in [2.05, 4.69) is 30.4 Å². The van der Waals surface area contributed by atoms with Crippen LogP contribution in [0.15, 0.2) is 30.3 Å². The van der Waals surface area contributed by atoms with Crippen LogP contribution in [0.3, 0.4) is 0 Å². The predicted octanol–water partition coefficient (Wildman–Crippen LogP) is 4.05. The Hall–Kier alpha value is -1.61. The molecular weight excluding hydrogens is 254 g/mol. The molecule has 1 aromatic carbocycles. The van der Waals surface area contributed by atoms with Crippen LogP contribution in [0.1, 0.15) is 39.0 Å². The molecule has 1 amide bonds. The van der Waals surface area contributed by atoms with Crippen LogP contribution in [0.5, 0.6) is 0 Å². The van der Waals surface area contributed by atoms with Crippen LogP contribution in [-0.4, -0.2) is 5.91 Å². The van der Waals surface area contributed by atoms with E-state index in [4.69, 9.17) is 0 Å². The first kappa shape index (κ1) is 12.4. The third kappa shape index (κ3) is 2.56. The van der Waals surface area contributed by atoms with Gasteiger partial charge in [0.05, 0.1) is 4.88 Å². The lowest BCUT2D eigenvalue weighted by atomic mass is 10.1. The molecule has 0 saturated heterocycles. The second-order valence-corrected chi connectivity index (χ2v) is 6.05. The van der Waals surface area contributed by atoms with Crippen molar-refractivity contribution in [3.8, 4) is 0 Å². The normalized spacial score (nSPS) is 13.3. The summed E-state index contributed by atoms with van der Waals surface area (Å²) >= 11 is 1.64. The Morgan fingerprint density at radius 2 is 2.05 bits per heavy atom. The minimum Gasteiger partial charge on any atom is -0.321 e. The predicted molar refractivity (Wildman–Crippen MR) is 80.1 cm³/mol. The molecule has 0 radical (unpaired) electrons. The van der Waals surface area contributed by atoms with E-state index in [9.17, 15) is 4.79 Å². The summed E-state index contributed by atoms with van der Waals surface area (Å²) < 4.78 is 0. The van der Waals surface area contributed by atoms with E-state index >= 15 is 0 Å². The van der Waals surface area contributed by atoms with Gasteiger partial charge >= 0.3 is 0 Å². The topological polar surface area (TPSA) is 29.1 Å². The van der Waals surface area contributed by atoms with Crippen LogP contribution in [-0.2, 0) is 19.3 Å². The van der Waals surface area contributed by atoms with Crippen molar-refractivity contribution < 1.29 is 4.79 Å². The molecule has 2 nitrogen and oxygen atoms in total. The molecule has 1 aromatic heterocycles. The van der Waals surface area contributed by atoms with Crippen LogP contribution in [0.2, 0.25) is 0 Å². The highest BCUT2D eigenvalue weighted by Gasteiger charge is 2.18. The summed E-state index contributed by atoms with van der Waals surface area (Å²) in [5.41, 5.74) is 3.53. The average molecular weight is 271 g/mol. The summed E-state index contributed by atoms with van der Waals surface area (Å²) in [5.74, 6) is 0.0173. The van der Waals surface area contributed by atoms with Crippen molar-refractivity contribution in [2.24, 2.45) is 0 Å². The van der Waals surface area contributed by atoms with Crippen molar-refractivity contribution in [1.82, 2.24) is 0 Å². The van der Waals surface area contributed by atoms with Gasteiger partial charge in [0, 0.05) is 10.6 Å². The van der Waals surface area contributed by atoms with E-state index in [1.54, 1.807) is 11.3 Å². The number of nitrogens with one attached hydrogen (secondary N) is 1. The van der Waals surface area contributed by atoms with Gasteiger partial charge in [0.2, 0.25) is 0 Å². The molecule has 1 aliphatic carbocycles. The van der Waals surface area contributed by atoms with Crippen LogP contribution >= 0.6 is 11.3 Å². The molecule has 98 valence electrons. The van der Waals surface area contributed by atoms with Gasteiger partial charge in [-0.05, 0) is 55.0 Å². The number of benzene rings is 1. The summed E-state index contributed by atoms with van der Waals surface area (Å²) in [6, 6.07) is 10.1. The molecule has 1 heterocycles. The highest BCUT2D eigenvalue weighted by atomic mass is 32.1. The van der Waals surface area contributed by atoms with Gasteiger partial charge in [-0.3, -0.25) is 4.79 Å². The Kier molecular flexibility index (Phi) is 3.38. The van der Waals surface area contributed by atoms with Crippen molar-refractivity contribution in [1.29, 1.82) is 0 Å². The standard InChI is InChI=1S/C16H17NOS/c1-2-11-6-8-13(9-7-11)17-16(18)15-10-12-4-3-5-14(12)19-15/h6-10H,2-5H2,1H3,(H,17,18). The number of hydrogen-bond donors (Lipinski definition) is 1. The number of carbonyl (C=O) groups is 1. The molecule has 19 heavy (non-hydrogen) atoms. The van der Waals surface area contributed by atoms with Crippen molar-refractivity contribution >= 4 is 22.9 Å². The third-order valence-corrected chi connectivity index (χ3v) is 4.83. The Balaban J connectivity index is 1.72. The van der Waals surface area contributed by atoms with Gasteiger partial charge in [-0.15, -0.1) is 11.3 Å². The zero-order valence-electron chi connectivity index (χ0n) is 11.0. The summed E-state index contributed by atoms with van der Waals surface area (Å²) in [6.45, 7) is 2.13. The number of fused-ring (bicyclic) bond motifs is 1. The molecule has 3 rings (SSSR count). The SMILES string of the molecule is CCc1ccc(NC(=O)c2cc3c(s2)CCC3)cc1. The lowest BCUT2D eigenvalue weighted by Gasteiger charge is -2.04. The highest BCUT2D eigenvalue weighted by molar-refractivity contribution is 7.14. The molecule has 2 aromatic rings. The Morgan fingerprint density at radius 1 is 1.26 bits per heavy atom. The van der Waals surface area contributed by atoms with E-state index in [1.807, 2.05) is 12.1 Å². The zero-order chi connectivity index (χ0) is 13.2. The van der Waals surface area contributed by atoms with Crippen LogP contribution < -0.4 is 5.32 Å². The van der Waals surface area contributed by atoms with Crippen molar-refractivity contribution in [3.63, 3.8) is 0 Å². The van der Waals surface area contributed by atoms with Crippen molar-refractivity contribution in [3.05, 3.63) is 51.2 Å². The minimum atomic E-state index is 0.0173. The van der Waals surface area contributed by atoms with Gasteiger partial charge in [0.1, 0.15) is 0 Å². The molecule has 0 spiro atoms. The molecule has 0 saturated carbocycles. The van der Waals surface area contributed by atoms with Crippen LogP contribution in [0, 0.1) is 0 Å². The molecule has 1 N–H and O–H groups in total. The molecule has 0 bridgehead atoms. The fraction of sp³-hybridized carbons (Fsp3) is 0.312. The van der Waals surface area contributed by atoms with E-state index in [-0.39, 0.29) is 5.91 Å². The fourth-order valence-electron chi connectivity index (χ4n) is 2.46. The van der Waals surface area contributed by atoms with Gasteiger partial charge in [-0.1, -0.05) is 19.1 Å². The maximum absolute atomic E-state index is 12.2. The largest absolute Gasteiger partial charge is 0.321 e.